The average molecular weight is 218 g/mol. The molecule has 0 aliphatic carbocycles. The smallest absolute Gasteiger partial charge is 0.157 e. The first-order valence-corrected chi connectivity index (χ1v) is 7.14. The predicted molar refractivity (Wildman–Crippen MR) is 64.9 cm³/mol. The van der Waals surface area contributed by atoms with Gasteiger partial charge in [-0.05, 0) is 25.8 Å². The molecule has 0 aromatic carbocycles. The maximum Gasteiger partial charge on any atom is 0.157 e. The molecule has 0 saturated carbocycles. The van der Waals surface area contributed by atoms with E-state index in [1.165, 1.54) is 35.9 Å². The van der Waals surface area contributed by atoms with E-state index in [4.69, 9.17) is 9.47 Å². The van der Waals surface area contributed by atoms with E-state index in [0.29, 0.717) is 5.54 Å². The number of ether oxygens (including phenoxy) is 2. The SMILES string of the molecule is CCCCCC([SiH3])C(OCC)OCC. The lowest BCUT2D eigenvalue weighted by Crippen LogP contribution is -2.23. The van der Waals surface area contributed by atoms with Gasteiger partial charge in [0.2, 0.25) is 0 Å². The van der Waals surface area contributed by atoms with Crippen LogP contribution in [0.15, 0.2) is 0 Å². The van der Waals surface area contributed by atoms with Crippen molar-refractivity contribution in [2.24, 2.45) is 0 Å². The van der Waals surface area contributed by atoms with Gasteiger partial charge in [0, 0.05) is 23.5 Å². The van der Waals surface area contributed by atoms with E-state index >= 15 is 0 Å². The second-order valence-electron chi connectivity index (χ2n) is 3.75. The second kappa shape index (κ2) is 9.68. The van der Waals surface area contributed by atoms with Crippen LogP contribution < -0.4 is 0 Å². The van der Waals surface area contributed by atoms with Gasteiger partial charge in [0.15, 0.2) is 6.29 Å². The summed E-state index contributed by atoms with van der Waals surface area (Å²) < 4.78 is 11.2. The molecule has 0 aromatic heterocycles. The minimum Gasteiger partial charge on any atom is -0.353 e. The van der Waals surface area contributed by atoms with Crippen molar-refractivity contribution in [2.75, 3.05) is 13.2 Å². The minimum absolute atomic E-state index is 0.0634. The van der Waals surface area contributed by atoms with Crippen molar-refractivity contribution in [2.45, 2.75) is 58.3 Å². The average Bonchev–Trinajstić information content (AvgIpc) is 2.18. The highest BCUT2D eigenvalue weighted by molar-refractivity contribution is 6.11. The summed E-state index contributed by atoms with van der Waals surface area (Å²) in [5.74, 6) is 0. The normalized spacial score (nSPS) is 13.7. The monoisotopic (exact) mass is 218 g/mol. The van der Waals surface area contributed by atoms with Crippen LogP contribution in [0.1, 0.15) is 46.5 Å². The van der Waals surface area contributed by atoms with Gasteiger partial charge >= 0.3 is 0 Å². The molecular formula is C11H26O2Si. The van der Waals surface area contributed by atoms with Crippen LogP contribution in [-0.2, 0) is 9.47 Å². The summed E-state index contributed by atoms with van der Waals surface area (Å²) in [5.41, 5.74) is 0.654. The number of rotatable bonds is 9. The highest BCUT2D eigenvalue weighted by Crippen LogP contribution is 2.19. The van der Waals surface area contributed by atoms with Gasteiger partial charge in [-0.1, -0.05) is 26.2 Å². The maximum atomic E-state index is 5.59. The lowest BCUT2D eigenvalue weighted by atomic mass is 10.1. The zero-order valence-corrected chi connectivity index (χ0v) is 12.2. The van der Waals surface area contributed by atoms with Gasteiger partial charge in [0.25, 0.3) is 0 Å². The molecule has 0 fully saturated rings. The van der Waals surface area contributed by atoms with E-state index in [-0.39, 0.29) is 6.29 Å². The van der Waals surface area contributed by atoms with Crippen LogP contribution >= 0.6 is 0 Å². The lowest BCUT2D eigenvalue weighted by Gasteiger charge is -2.23. The van der Waals surface area contributed by atoms with Crippen molar-refractivity contribution in [3.05, 3.63) is 0 Å². The van der Waals surface area contributed by atoms with Gasteiger partial charge in [0.1, 0.15) is 0 Å². The van der Waals surface area contributed by atoms with Gasteiger partial charge in [-0.25, -0.2) is 0 Å². The van der Waals surface area contributed by atoms with Crippen molar-refractivity contribution in [1.29, 1.82) is 0 Å². The molecular weight excluding hydrogens is 192 g/mol. The highest BCUT2D eigenvalue weighted by atomic mass is 28.1. The third kappa shape index (κ3) is 6.57. The molecule has 3 heteroatoms. The molecule has 86 valence electrons. The molecule has 0 heterocycles. The summed E-state index contributed by atoms with van der Waals surface area (Å²) in [6.45, 7) is 7.83. The minimum atomic E-state index is 0.0634. The fourth-order valence-corrected chi connectivity index (χ4v) is 2.35. The van der Waals surface area contributed by atoms with Crippen LogP contribution in [0, 0.1) is 0 Å². The van der Waals surface area contributed by atoms with Crippen LogP contribution in [0.5, 0.6) is 0 Å². The summed E-state index contributed by atoms with van der Waals surface area (Å²) in [6.07, 6.45) is 5.28. The van der Waals surface area contributed by atoms with Crippen LogP contribution in [0.3, 0.4) is 0 Å². The first-order valence-electron chi connectivity index (χ1n) is 5.99. The summed E-state index contributed by atoms with van der Waals surface area (Å²) in [7, 11) is 1.17. The van der Waals surface area contributed by atoms with Crippen LogP contribution in [0.25, 0.3) is 0 Å². The number of hydrogen-bond donors (Lipinski definition) is 0. The van der Waals surface area contributed by atoms with E-state index in [9.17, 15) is 0 Å². The molecule has 0 amide bonds. The second-order valence-corrected chi connectivity index (χ2v) is 5.24. The molecule has 0 saturated heterocycles. The van der Waals surface area contributed by atoms with Crippen LogP contribution in [0.4, 0.5) is 0 Å². The van der Waals surface area contributed by atoms with Crippen molar-refractivity contribution in [3.8, 4) is 0 Å². The topological polar surface area (TPSA) is 18.5 Å². The van der Waals surface area contributed by atoms with Gasteiger partial charge in [-0.2, -0.15) is 0 Å². The first kappa shape index (κ1) is 14.1. The summed E-state index contributed by atoms with van der Waals surface area (Å²) >= 11 is 0. The van der Waals surface area contributed by atoms with Crippen molar-refractivity contribution in [3.63, 3.8) is 0 Å². The maximum absolute atomic E-state index is 5.59. The molecule has 0 bridgehead atoms. The Morgan fingerprint density at radius 2 is 1.57 bits per heavy atom. The first-order chi connectivity index (χ1) is 6.76. The molecule has 0 aliphatic heterocycles. The van der Waals surface area contributed by atoms with Gasteiger partial charge in [-0.15, -0.1) is 0 Å². The third-order valence-electron chi connectivity index (χ3n) is 2.39. The zero-order valence-electron chi connectivity index (χ0n) is 10.2. The van der Waals surface area contributed by atoms with Gasteiger partial charge in [0.05, 0.1) is 0 Å². The predicted octanol–water partition coefficient (Wildman–Crippen LogP) is 2.12. The summed E-state index contributed by atoms with van der Waals surface area (Å²) in [6, 6.07) is 0. The standard InChI is InChI=1S/C11H26O2Si/c1-4-7-8-9-10(14)11(12-5-2)13-6-3/h10-11H,4-9H2,1-3,14H3. The molecule has 0 radical (unpaired) electrons. The summed E-state index contributed by atoms with van der Waals surface area (Å²) in [4.78, 5) is 0. The fraction of sp³-hybridized carbons (Fsp3) is 1.00. The molecule has 0 spiro atoms. The molecule has 1 atom stereocenters. The molecule has 0 aliphatic rings. The molecule has 1 unspecified atom stereocenters. The van der Waals surface area contributed by atoms with E-state index in [0.717, 1.165) is 13.2 Å². The van der Waals surface area contributed by atoms with Gasteiger partial charge in [-0.3, -0.25) is 0 Å². The van der Waals surface area contributed by atoms with Crippen molar-refractivity contribution < 1.29 is 9.47 Å². The Morgan fingerprint density at radius 3 is 2.00 bits per heavy atom. The van der Waals surface area contributed by atoms with Crippen molar-refractivity contribution in [1.82, 2.24) is 0 Å². The largest absolute Gasteiger partial charge is 0.353 e. The molecule has 0 aromatic rings. The Kier molecular flexibility index (Phi) is 9.78. The summed E-state index contributed by atoms with van der Waals surface area (Å²) in [5, 5.41) is 0. The molecule has 2 nitrogen and oxygen atoms in total. The lowest BCUT2D eigenvalue weighted by molar-refractivity contribution is -0.139. The van der Waals surface area contributed by atoms with E-state index in [1.807, 2.05) is 13.8 Å². The van der Waals surface area contributed by atoms with Crippen LogP contribution in [0.2, 0.25) is 5.54 Å². The highest BCUT2D eigenvalue weighted by Gasteiger charge is 2.16. The van der Waals surface area contributed by atoms with E-state index in [1.54, 1.807) is 0 Å². The Morgan fingerprint density at radius 1 is 1.00 bits per heavy atom. The number of hydrogen-bond acceptors (Lipinski definition) is 2. The third-order valence-corrected chi connectivity index (χ3v) is 3.51. The zero-order chi connectivity index (χ0) is 10.8. The number of unbranched alkanes of at least 4 members (excludes halogenated alkanes) is 2. The molecule has 14 heavy (non-hydrogen) atoms. The fourth-order valence-electron chi connectivity index (χ4n) is 1.56. The Hall–Kier alpha value is 0.137. The molecule has 0 rings (SSSR count). The Balaban J connectivity index is 3.69. The van der Waals surface area contributed by atoms with Gasteiger partial charge < -0.3 is 9.47 Å². The Labute approximate surface area is 91.8 Å². The quantitative estimate of drug-likeness (QED) is 0.335. The van der Waals surface area contributed by atoms with Crippen molar-refractivity contribution >= 4 is 10.2 Å². The van der Waals surface area contributed by atoms with E-state index < -0.39 is 0 Å². The van der Waals surface area contributed by atoms with E-state index in [2.05, 4.69) is 6.92 Å². The molecule has 0 N–H and O–H groups in total. The Bertz CT molecular complexity index is 114. The van der Waals surface area contributed by atoms with Crippen LogP contribution in [-0.4, -0.2) is 29.7 Å².